The molecule has 2 aliphatic heterocycles. The average Bonchev–Trinajstić information content (AvgIpc) is 3.14. The summed E-state index contributed by atoms with van der Waals surface area (Å²) < 4.78 is 5.42. The first kappa shape index (κ1) is 20.4. The highest BCUT2D eigenvalue weighted by Crippen LogP contribution is 2.44. The van der Waals surface area contributed by atoms with Crippen LogP contribution in [0.4, 0.5) is 5.69 Å². The fraction of sp³-hybridized carbons (Fsp3) is 0.545. The fourth-order valence-corrected chi connectivity index (χ4v) is 4.91. The van der Waals surface area contributed by atoms with E-state index in [2.05, 4.69) is 0 Å². The van der Waals surface area contributed by atoms with E-state index in [1.807, 2.05) is 0 Å². The number of benzene rings is 1. The molecule has 0 spiro atoms. The molecule has 30 heavy (non-hydrogen) atoms. The molecular weight excluding hydrogens is 386 g/mol. The number of anilines is 1. The van der Waals surface area contributed by atoms with Crippen LogP contribution < -0.4 is 4.90 Å². The van der Waals surface area contributed by atoms with Crippen molar-refractivity contribution in [3.8, 4) is 0 Å². The molecule has 2 heterocycles. The largest absolute Gasteiger partial charge is 0.452 e. The lowest BCUT2D eigenvalue weighted by Crippen LogP contribution is -2.67. The van der Waals surface area contributed by atoms with Crippen LogP contribution in [0.5, 0.6) is 0 Å². The smallest absolute Gasteiger partial charge is 0.354 e. The Balaban J connectivity index is 1.54. The molecule has 0 bridgehead atoms. The van der Waals surface area contributed by atoms with Gasteiger partial charge in [0.1, 0.15) is 0 Å². The molecule has 2 fully saturated rings. The normalized spacial score (nSPS) is 23.8. The molecule has 1 atom stereocenters. The minimum atomic E-state index is -1.55. The second-order valence-electron chi connectivity index (χ2n) is 8.30. The predicted octanol–water partition coefficient (Wildman–Crippen LogP) is 1.93. The number of hydrogen-bond donors (Lipinski definition) is 0. The van der Waals surface area contributed by atoms with Crippen molar-refractivity contribution in [1.82, 2.24) is 9.80 Å². The highest BCUT2D eigenvalue weighted by molar-refractivity contribution is 6.15. The number of ether oxygens (including phenoxy) is 1. The van der Waals surface area contributed by atoms with E-state index >= 15 is 0 Å². The van der Waals surface area contributed by atoms with Gasteiger partial charge in [0.25, 0.3) is 11.8 Å². The average molecular weight is 413 g/mol. The van der Waals surface area contributed by atoms with Gasteiger partial charge in [-0.2, -0.15) is 0 Å². The molecule has 1 saturated carbocycles. The lowest BCUT2D eigenvalue weighted by molar-refractivity contribution is -0.161. The van der Waals surface area contributed by atoms with E-state index in [-0.39, 0.29) is 36.6 Å². The highest BCUT2D eigenvalue weighted by Gasteiger charge is 2.60. The molecule has 1 aliphatic carbocycles. The zero-order chi connectivity index (χ0) is 21.5. The molecular formula is C22H27N3O5. The molecule has 1 aromatic rings. The van der Waals surface area contributed by atoms with Crippen molar-refractivity contribution in [2.45, 2.75) is 56.7 Å². The third-order valence-corrected chi connectivity index (χ3v) is 6.71. The van der Waals surface area contributed by atoms with Crippen LogP contribution in [0.3, 0.4) is 0 Å². The zero-order valence-corrected chi connectivity index (χ0v) is 17.4. The SMILES string of the molecule is CN(C(=O)COC(=O)[C@@]12CCC(=O)N1c1ccccc1C(=O)N2C)C1CCCCC1. The standard InChI is InChI=1S/C22H27N3O5/c1-23(15-8-4-3-5-9-15)19(27)14-30-21(29)22-13-12-18(26)25(22)17-11-7-6-10-16(17)20(28)24(22)2/h6-7,10-11,15H,3-5,8-9,12-14H2,1-2H3/t22-/m1/s1. The molecule has 3 amide bonds. The summed E-state index contributed by atoms with van der Waals surface area (Å²) in [5, 5.41) is 0. The Morgan fingerprint density at radius 2 is 1.87 bits per heavy atom. The first-order chi connectivity index (χ1) is 14.4. The first-order valence-corrected chi connectivity index (χ1v) is 10.5. The molecule has 0 aromatic heterocycles. The van der Waals surface area contributed by atoms with Crippen molar-refractivity contribution >= 4 is 29.4 Å². The Hall–Kier alpha value is -2.90. The lowest BCUT2D eigenvalue weighted by atomic mass is 9.94. The van der Waals surface area contributed by atoms with Crippen molar-refractivity contribution in [2.24, 2.45) is 0 Å². The zero-order valence-electron chi connectivity index (χ0n) is 17.4. The van der Waals surface area contributed by atoms with Crippen molar-refractivity contribution in [3.63, 3.8) is 0 Å². The number of nitrogens with zero attached hydrogens (tertiary/aromatic N) is 3. The lowest BCUT2D eigenvalue weighted by Gasteiger charge is -2.46. The van der Waals surface area contributed by atoms with E-state index in [1.165, 1.54) is 23.3 Å². The van der Waals surface area contributed by atoms with Crippen molar-refractivity contribution in [2.75, 3.05) is 25.6 Å². The maximum absolute atomic E-state index is 13.2. The minimum absolute atomic E-state index is 0.122. The molecule has 1 aromatic carbocycles. The molecule has 1 saturated heterocycles. The van der Waals surface area contributed by atoms with Gasteiger partial charge in [0.2, 0.25) is 11.6 Å². The summed E-state index contributed by atoms with van der Waals surface area (Å²) in [7, 11) is 3.24. The van der Waals surface area contributed by atoms with Crippen LogP contribution >= 0.6 is 0 Å². The summed E-state index contributed by atoms with van der Waals surface area (Å²) in [6.07, 6.45) is 5.53. The summed E-state index contributed by atoms with van der Waals surface area (Å²) in [5.41, 5.74) is -0.774. The number of para-hydroxylation sites is 1. The summed E-state index contributed by atoms with van der Waals surface area (Å²) in [6, 6.07) is 6.90. The van der Waals surface area contributed by atoms with E-state index in [0.717, 1.165) is 25.7 Å². The van der Waals surface area contributed by atoms with Gasteiger partial charge in [-0.3, -0.25) is 19.3 Å². The number of fused-ring (bicyclic) bond motifs is 3. The summed E-state index contributed by atoms with van der Waals surface area (Å²) in [4.78, 5) is 55.8. The number of likely N-dealkylation sites (N-methyl/N-ethyl adjacent to an activating group) is 2. The van der Waals surface area contributed by atoms with Gasteiger partial charge in [0.15, 0.2) is 6.61 Å². The number of rotatable bonds is 4. The molecule has 8 heteroatoms. The van der Waals surface area contributed by atoms with Crippen LogP contribution in [-0.2, 0) is 19.1 Å². The van der Waals surface area contributed by atoms with Crippen molar-refractivity contribution in [3.05, 3.63) is 29.8 Å². The second-order valence-corrected chi connectivity index (χ2v) is 8.30. The maximum Gasteiger partial charge on any atom is 0.354 e. The van der Waals surface area contributed by atoms with E-state index < -0.39 is 18.2 Å². The predicted molar refractivity (Wildman–Crippen MR) is 109 cm³/mol. The van der Waals surface area contributed by atoms with Gasteiger partial charge < -0.3 is 14.5 Å². The van der Waals surface area contributed by atoms with Crippen molar-refractivity contribution < 1.29 is 23.9 Å². The molecule has 4 rings (SSSR count). The van der Waals surface area contributed by atoms with Crippen molar-refractivity contribution in [1.29, 1.82) is 0 Å². The van der Waals surface area contributed by atoms with Gasteiger partial charge in [0.05, 0.1) is 11.3 Å². The van der Waals surface area contributed by atoms with Crippen LogP contribution in [0, 0.1) is 0 Å². The van der Waals surface area contributed by atoms with Crippen LogP contribution in [0.1, 0.15) is 55.3 Å². The van der Waals surface area contributed by atoms with E-state index in [4.69, 9.17) is 4.74 Å². The topological polar surface area (TPSA) is 87.2 Å². The molecule has 160 valence electrons. The molecule has 8 nitrogen and oxygen atoms in total. The van der Waals surface area contributed by atoms with Gasteiger partial charge in [0, 0.05) is 33.0 Å². The second kappa shape index (κ2) is 7.74. The Kier molecular flexibility index (Phi) is 5.26. The summed E-state index contributed by atoms with van der Waals surface area (Å²) >= 11 is 0. The van der Waals surface area contributed by atoms with E-state index in [1.54, 1.807) is 36.2 Å². The number of hydrogen-bond acceptors (Lipinski definition) is 5. The fourth-order valence-electron chi connectivity index (χ4n) is 4.91. The van der Waals surface area contributed by atoms with E-state index in [0.29, 0.717) is 11.3 Å². The van der Waals surface area contributed by atoms with Gasteiger partial charge in [-0.15, -0.1) is 0 Å². The maximum atomic E-state index is 13.2. The van der Waals surface area contributed by atoms with Gasteiger partial charge in [-0.05, 0) is 25.0 Å². The molecule has 3 aliphatic rings. The van der Waals surface area contributed by atoms with Crippen LogP contribution in [-0.4, -0.2) is 65.9 Å². The molecule has 0 radical (unpaired) electrons. The number of carbonyl (C=O) groups excluding carboxylic acids is 4. The van der Waals surface area contributed by atoms with Gasteiger partial charge >= 0.3 is 5.97 Å². The monoisotopic (exact) mass is 413 g/mol. The van der Waals surface area contributed by atoms with Crippen LogP contribution in [0.2, 0.25) is 0 Å². The summed E-state index contributed by atoms with van der Waals surface area (Å²) in [6.45, 7) is -0.403. The quantitative estimate of drug-likeness (QED) is 0.704. The Bertz CT molecular complexity index is 895. The van der Waals surface area contributed by atoms with E-state index in [9.17, 15) is 19.2 Å². The Labute approximate surface area is 175 Å². The first-order valence-electron chi connectivity index (χ1n) is 10.5. The molecule has 0 unspecified atom stereocenters. The Morgan fingerprint density at radius 3 is 2.60 bits per heavy atom. The third kappa shape index (κ3) is 3.05. The van der Waals surface area contributed by atoms with Gasteiger partial charge in [-0.25, -0.2) is 4.79 Å². The number of esters is 1. The highest BCUT2D eigenvalue weighted by atomic mass is 16.5. The Morgan fingerprint density at radius 1 is 1.17 bits per heavy atom. The summed E-state index contributed by atoms with van der Waals surface area (Å²) in [5.74, 6) is -1.61. The molecule has 0 N–H and O–H groups in total. The van der Waals surface area contributed by atoms with Crippen LogP contribution in [0.25, 0.3) is 0 Å². The van der Waals surface area contributed by atoms with Gasteiger partial charge in [-0.1, -0.05) is 31.4 Å². The van der Waals surface area contributed by atoms with Crippen LogP contribution in [0.15, 0.2) is 24.3 Å². The minimum Gasteiger partial charge on any atom is -0.452 e. The number of carbonyl (C=O) groups is 4. The number of amides is 3. The third-order valence-electron chi connectivity index (χ3n) is 6.71.